The first-order chi connectivity index (χ1) is 10.9. The minimum absolute atomic E-state index is 0.0685. The van der Waals surface area contributed by atoms with Gasteiger partial charge in [0, 0.05) is 11.8 Å². The number of carbonyl (C=O) groups is 3. The molecular formula is C16H15NO6. The molecule has 2 aliphatic carbocycles. The smallest absolute Gasteiger partial charge is 0.335 e. The van der Waals surface area contributed by atoms with Gasteiger partial charge in [0.05, 0.1) is 35.3 Å². The monoisotopic (exact) mass is 317 g/mol. The van der Waals surface area contributed by atoms with Gasteiger partial charge in [-0.15, -0.1) is 0 Å². The maximum Gasteiger partial charge on any atom is 0.335 e. The molecule has 0 aromatic heterocycles. The third-order valence-corrected chi connectivity index (χ3v) is 5.46. The maximum absolute atomic E-state index is 12.7. The van der Waals surface area contributed by atoms with Crippen LogP contribution in [0.15, 0.2) is 24.3 Å². The van der Waals surface area contributed by atoms with Crippen LogP contribution in [0.25, 0.3) is 0 Å². The molecule has 1 heterocycles. The van der Waals surface area contributed by atoms with Crippen molar-refractivity contribution >= 4 is 23.5 Å². The minimum atomic E-state index is -1.09. The molecule has 1 saturated heterocycles. The number of carboxylic acid groups (broad SMARTS) is 1. The summed E-state index contributed by atoms with van der Waals surface area (Å²) in [4.78, 5) is 37.3. The van der Waals surface area contributed by atoms with E-state index >= 15 is 0 Å². The van der Waals surface area contributed by atoms with Crippen LogP contribution in [0.4, 0.5) is 5.69 Å². The summed E-state index contributed by atoms with van der Waals surface area (Å²) in [5.74, 6) is -3.80. The molecule has 3 fully saturated rings. The third kappa shape index (κ3) is 1.74. The Bertz CT molecular complexity index is 682. The lowest BCUT2D eigenvalue weighted by Crippen LogP contribution is -2.43. The van der Waals surface area contributed by atoms with Crippen LogP contribution >= 0.6 is 0 Å². The van der Waals surface area contributed by atoms with Crippen molar-refractivity contribution in [2.24, 2.45) is 23.7 Å². The molecule has 120 valence electrons. The molecule has 1 aromatic rings. The first kappa shape index (κ1) is 14.3. The van der Waals surface area contributed by atoms with Gasteiger partial charge in [-0.2, -0.15) is 0 Å². The van der Waals surface area contributed by atoms with Gasteiger partial charge >= 0.3 is 5.97 Å². The van der Waals surface area contributed by atoms with Crippen LogP contribution in [0.2, 0.25) is 0 Å². The standard InChI is InChI=1S/C16H15NO6/c18-12-8-5-9(13(12)19)11-10(8)14(20)17(15(11)21)7-3-1-6(2-4-7)16(22)23/h1-4,8-13,18-19H,5H2,(H,22,23)/t8-,9-,10-,11+,12+,13-/m1/s1. The van der Waals surface area contributed by atoms with E-state index < -0.39 is 30.0 Å². The first-order valence-corrected chi connectivity index (χ1v) is 7.49. The molecule has 7 heteroatoms. The molecule has 4 rings (SSSR count). The highest BCUT2D eigenvalue weighted by Gasteiger charge is 2.67. The topological polar surface area (TPSA) is 115 Å². The highest BCUT2D eigenvalue weighted by Crippen LogP contribution is 2.56. The minimum Gasteiger partial charge on any atom is -0.478 e. The van der Waals surface area contributed by atoms with Crippen LogP contribution < -0.4 is 4.90 Å². The number of aliphatic hydroxyl groups excluding tert-OH is 2. The zero-order chi connectivity index (χ0) is 16.5. The molecule has 0 spiro atoms. The zero-order valence-corrected chi connectivity index (χ0v) is 12.0. The van der Waals surface area contributed by atoms with Crippen LogP contribution in [-0.2, 0) is 9.59 Å². The molecule has 2 saturated carbocycles. The summed E-state index contributed by atoms with van der Waals surface area (Å²) in [7, 11) is 0. The van der Waals surface area contributed by atoms with Crippen LogP contribution in [0.5, 0.6) is 0 Å². The van der Waals surface area contributed by atoms with Gasteiger partial charge in [0.1, 0.15) is 0 Å². The average Bonchev–Trinajstić information content (AvgIpc) is 3.12. The van der Waals surface area contributed by atoms with Crippen molar-refractivity contribution in [3.63, 3.8) is 0 Å². The molecule has 0 radical (unpaired) electrons. The van der Waals surface area contributed by atoms with Crippen LogP contribution in [0, 0.1) is 23.7 Å². The second-order valence-corrected chi connectivity index (χ2v) is 6.46. The Hall–Kier alpha value is -2.25. The van der Waals surface area contributed by atoms with Crippen molar-refractivity contribution in [2.75, 3.05) is 4.90 Å². The number of fused-ring (bicyclic) bond motifs is 5. The Morgan fingerprint density at radius 1 is 0.957 bits per heavy atom. The van der Waals surface area contributed by atoms with Gasteiger partial charge in [0.25, 0.3) is 0 Å². The van der Waals surface area contributed by atoms with Crippen LogP contribution in [-0.4, -0.2) is 45.3 Å². The number of carbonyl (C=O) groups excluding carboxylic acids is 2. The van der Waals surface area contributed by atoms with Crippen LogP contribution in [0.1, 0.15) is 16.8 Å². The van der Waals surface area contributed by atoms with Crippen molar-refractivity contribution in [2.45, 2.75) is 18.6 Å². The molecule has 3 N–H and O–H groups in total. The van der Waals surface area contributed by atoms with Gasteiger partial charge in [0.15, 0.2) is 0 Å². The number of aliphatic hydroxyl groups is 2. The van der Waals surface area contributed by atoms with E-state index in [4.69, 9.17) is 5.11 Å². The Labute approximate surface area is 131 Å². The van der Waals surface area contributed by atoms with Crippen molar-refractivity contribution in [1.29, 1.82) is 0 Å². The van der Waals surface area contributed by atoms with E-state index in [2.05, 4.69) is 0 Å². The average molecular weight is 317 g/mol. The Balaban J connectivity index is 1.68. The number of amides is 2. The predicted molar refractivity (Wildman–Crippen MR) is 76.5 cm³/mol. The molecule has 23 heavy (non-hydrogen) atoms. The number of rotatable bonds is 2. The second-order valence-electron chi connectivity index (χ2n) is 6.46. The predicted octanol–water partition coefficient (Wildman–Crippen LogP) is -0.138. The number of hydrogen-bond acceptors (Lipinski definition) is 5. The van der Waals surface area contributed by atoms with E-state index in [1.54, 1.807) is 0 Å². The highest BCUT2D eigenvalue weighted by molar-refractivity contribution is 6.22. The van der Waals surface area contributed by atoms with Crippen molar-refractivity contribution in [1.82, 2.24) is 0 Å². The summed E-state index contributed by atoms with van der Waals surface area (Å²) in [5, 5.41) is 28.9. The molecule has 2 bridgehead atoms. The largest absolute Gasteiger partial charge is 0.478 e. The lowest BCUT2D eigenvalue weighted by molar-refractivity contribution is -0.129. The van der Waals surface area contributed by atoms with E-state index in [1.807, 2.05) is 0 Å². The number of imide groups is 1. The van der Waals surface area contributed by atoms with E-state index in [1.165, 1.54) is 24.3 Å². The zero-order valence-electron chi connectivity index (χ0n) is 12.0. The van der Waals surface area contributed by atoms with E-state index in [0.29, 0.717) is 12.1 Å². The number of hydrogen-bond donors (Lipinski definition) is 3. The number of nitrogens with zero attached hydrogens (tertiary/aromatic N) is 1. The SMILES string of the molecule is O=C(O)c1ccc(N2C(=O)[C@@H]3[C@H]4C[C@@H]([C@@H](O)[C@H]4O)[C@@H]3C2=O)cc1. The number of aromatic carboxylic acids is 1. The fourth-order valence-electron chi connectivity index (χ4n) is 4.44. The van der Waals surface area contributed by atoms with Gasteiger partial charge in [-0.25, -0.2) is 4.79 Å². The molecule has 1 aromatic carbocycles. The number of benzene rings is 1. The van der Waals surface area contributed by atoms with Crippen molar-refractivity contribution < 1.29 is 29.7 Å². The van der Waals surface area contributed by atoms with Crippen molar-refractivity contribution in [3.8, 4) is 0 Å². The second kappa shape index (κ2) is 4.62. The maximum atomic E-state index is 12.7. The summed E-state index contributed by atoms with van der Waals surface area (Å²) >= 11 is 0. The fourth-order valence-corrected chi connectivity index (χ4v) is 4.44. The van der Waals surface area contributed by atoms with Gasteiger partial charge in [-0.1, -0.05) is 0 Å². The van der Waals surface area contributed by atoms with Gasteiger partial charge < -0.3 is 15.3 Å². The number of anilines is 1. The van der Waals surface area contributed by atoms with Gasteiger partial charge in [-0.05, 0) is 30.7 Å². The molecule has 1 aliphatic heterocycles. The Kier molecular flexibility index (Phi) is 2.88. The fraction of sp³-hybridized carbons (Fsp3) is 0.438. The third-order valence-electron chi connectivity index (χ3n) is 5.46. The first-order valence-electron chi connectivity index (χ1n) is 7.49. The van der Waals surface area contributed by atoms with Gasteiger partial charge in [0.2, 0.25) is 11.8 Å². The summed E-state index contributed by atoms with van der Waals surface area (Å²) < 4.78 is 0. The Morgan fingerprint density at radius 2 is 1.43 bits per heavy atom. The van der Waals surface area contributed by atoms with Crippen LogP contribution in [0.3, 0.4) is 0 Å². The normalized spacial score (nSPS) is 38.3. The lowest BCUT2D eigenvalue weighted by atomic mass is 9.78. The summed E-state index contributed by atoms with van der Waals surface area (Å²) in [5.41, 5.74) is 0.390. The molecule has 7 nitrogen and oxygen atoms in total. The molecule has 3 aliphatic rings. The summed E-state index contributed by atoms with van der Waals surface area (Å²) in [6, 6.07) is 5.53. The van der Waals surface area contributed by atoms with E-state index in [9.17, 15) is 24.6 Å². The highest BCUT2D eigenvalue weighted by atomic mass is 16.4. The quantitative estimate of drug-likeness (QED) is 0.654. The number of carboxylic acids is 1. The molecule has 0 unspecified atom stereocenters. The van der Waals surface area contributed by atoms with E-state index in [-0.39, 0.29) is 29.2 Å². The molecule has 6 atom stereocenters. The lowest BCUT2D eigenvalue weighted by Gasteiger charge is -2.29. The summed E-state index contributed by atoms with van der Waals surface area (Å²) in [6.45, 7) is 0. The summed E-state index contributed by atoms with van der Waals surface area (Å²) in [6.07, 6.45) is -1.44. The van der Waals surface area contributed by atoms with Gasteiger partial charge in [-0.3, -0.25) is 14.5 Å². The molecular weight excluding hydrogens is 302 g/mol. The van der Waals surface area contributed by atoms with Crippen molar-refractivity contribution in [3.05, 3.63) is 29.8 Å². The Morgan fingerprint density at radius 3 is 1.87 bits per heavy atom. The molecule has 2 amide bonds. The van der Waals surface area contributed by atoms with E-state index in [0.717, 1.165) is 4.90 Å².